The minimum atomic E-state index is -1.03. The highest BCUT2D eigenvalue weighted by Gasteiger charge is 2.42. The Balaban J connectivity index is 1.95. The number of hydrogen-bond acceptors (Lipinski definition) is 6. The molecule has 2 aromatic carbocycles. The molecule has 0 aliphatic heterocycles. The van der Waals surface area contributed by atoms with Crippen LogP contribution in [0.3, 0.4) is 0 Å². The van der Waals surface area contributed by atoms with Crippen LogP contribution in [0, 0.1) is 0 Å². The van der Waals surface area contributed by atoms with Crippen LogP contribution in [0.2, 0.25) is 0 Å². The second kappa shape index (κ2) is 13.9. The van der Waals surface area contributed by atoms with Crippen LogP contribution in [0.1, 0.15) is 84.9 Å². The second-order valence-corrected chi connectivity index (χ2v) is 12.8. The van der Waals surface area contributed by atoms with Crippen molar-refractivity contribution in [1.82, 2.24) is 15.5 Å². The summed E-state index contributed by atoms with van der Waals surface area (Å²) in [7, 11) is 0. The molecule has 2 N–H and O–H groups in total. The van der Waals surface area contributed by atoms with Gasteiger partial charge in [0.2, 0.25) is 11.8 Å². The van der Waals surface area contributed by atoms with Crippen LogP contribution < -0.4 is 10.6 Å². The van der Waals surface area contributed by atoms with Gasteiger partial charge in [-0.3, -0.25) is 9.59 Å². The molecule has 3 unspecified atom stereocenters. The van der Waals surface area contributed by atoms with Crippen molar-refractivity contribution in [2.45, 2.75) is 110 Å². The maximum atomic E-state index is 14.2. The number of nitrogens with one attached hydrogen (secondary N) is 2. The highest BCUT2D eigenvalue weighted by atomic mass is 16.6. The van der Waals surface area contributed by atoms with Gasteiger partial charge in [-0.25, -0.2) is 9.59 Å². The summed E-state index contributed by atoms with van der Waals surface area (Å²) in [5.41, 5.74) is -0.0382. The molecule has 1 saturated carbocycles. The first-order valence-electron chi connectivity index (χ1n) is 14.6. The van der Waals surface area contributed by atoms with E-state index in [9.17, 15) is 19.2 Å². The van der Waals surface area contributed by atoms with Crippen LogP contribution in [0.15, 0.2) is 60.7 Å². The molecule has 0 saturated heterocycles. The Morgan fingerprint density at radius 2 is 1.38 bits per heavy atom. The Hall–Kier alpha value is -3.88. The molecular weight excluding hydrogens is 534 g/mol. The van der Waals surface area contributed by atoms with E-state index in [1.807, 2.05) is 36.4 Å². The minimum absolute atomic E-state index is 0.203. The standard InChI is InChI=1S/C33H45N3O6/c1-22(34-31(40)42-33(5,6)7)29(38)36(25-19-14-20-25)27(24-17-12-9-13-18-24)28(37)35-26(30(39)41-32(2,3)4)21-23-15-10-8-11-16-23/h8-13,15-18,22,25-27H,14,19-21H2,1-7H3,(H,34,40)(H,35,37). The van der Waals surface area contributed by atoms with E-state index < -0.39 is 53.2 Å². The predicted molar refractivity (Wildman–Crippen MR) is 160 cm³/mol. The fraction of sp³-hybridized carbons (Fsp3) is 0.515. The Kier molecular flexibility index (Phi) is 10.8. The molecule has 0 spiro atoms. The summed E-state index contributed by atoms with van der Waals surface area (Å²) < 4.78 is 11.0. The number of carbonyl (C=O) groups is 4. The van der Waals surface area contributed by atoms with E-state index in [0.717, 1.165) is 24.8 Å². The Bertz CT molecular complexity index is 1220. The average Bonchev–Trinajstić information content (AvgIpc) is 2.85. The molecule has 9 heteroatoms. The number of ether oxygens (including phenoxy) is 2. The smallest absolute Gasteiger partial charge is 0.408 e. The zero-order valence-corrected chi connectivity index (χ0v) is 25.8. The minimum Gasteiger partial charge on any atom is -0.458 e. The number of alkyl carbamates (subject to hydrolysis) is 1. The predicted octanol–water partition coefficient (Wildman–Crippen LogP) is 5.09. The molecular formula is C33H45N3O6. The zero-order chi connectivity index (χ0) is 31.1. The first kappa shape index (κ1) is 32.6. The molecule has 0 aromatic heterocycles. The number of amides is 3. The maximum Gasteiger partial charge on any atom is 0.408 e. The Morgan fingerprint density at radius 3 is 1.88 bits per heavy atom. The van der Waals surface area contributed by atoms with Gasteiger partial charge in [0.1, 0.15) is 29.3 Å². The summed E-state index contributed by atoms with van der Waals surface area (Å²) in [6.45, 7) is 12.1. The molecule has 3 rings (SSSR count). The fourth-order valence-corrected chi connectivity index (χ4v) is 4.69. The molecule has 3 amide bonds. The van der Waals surface area contributed by atoms with Crippen molar-refractivity contribution in [3.63, 3.8) is 0 Å². The molecule has 1 fully saturated rings. The van der Waals surface area contributed by atoms with Crippen molar-refractivity contribution in [3.05, 3.63) is 71.8 Å². The van der Waals surface area contributed by atoms with Gasteiger partial charge in [-0.05, 0) is 78.9 Å². The molecule has 1 aliphatic carbocycles. The third-order valence-corrected chi connectivity index (χ3v) is 6.76. The topological polar surface area (TPSA) is 114 Å². The molecule has 228 valence electrons. The third kappa shape index (κ3) is 9.60. The van der Waals surface area contributed by atoms with E-state index in [4.69, 9.17) is 9.47 Å². The van der Waals surface area contributed by atoms with Crippen molar-refractivity contribution in [1.29, 1.82) is 0 Å². The van der Waals surface area contributed by atoms with Gasteiger partial charge < -0.3 is 25.0 Å². The number of nitrogens with zero attached hydrogens (tertiary/aromatic N) is 1. The maximum absolute atomic E-state index is 14.2. The van der Waals surface area contributed by atoms with Gasteiger partial charge >= 0.3 is 12.1 Å². The largest absolute Gasteiger partial charge is 0.458 e. The monoisotopic (exact) mass is 579 g/mol. The van der Waals surface area contributed by atoms with Crippen LogP contribution in [0.4, 0.5) is 4.79 Å². The number of rotatable bonds is 10. The van der Waals surface area contributed by atoms with Gasteiger partial charge in [0.05, 0.1) is 0 Å². The molecule has 0 heterocycles. The number of benzene rings is 2. The van der Waals surface area contributed by atoms with Crippen molar-refractivity contribution < 1.29 is 28.7 Å². The lowest BCUT2D eigenvalue weighted by atomic mass is 9.88. The molecule has 2 aromatic rings. The zero-order valence-electron chi connectivity index (χ0n) is 25.8. The van der Waals surface area contributed by atoms with Crippen LogP contribution in [0.25, 0.3) is 0 Å². The van der Waals surface area contributed by atoms with Crippen LogP contribution >= 0.6 is 0 Å². The average molecular weight is 580 g/mol. The van der Waals surface area contributed by atoms with Crippen LogP contribution in [0.5, 0.6) is 0 Å². The third-order valence-electron chi connectivity index (χ3n) is 6.76. The van der Waals surface area contributed by atoms with Crippen LogP contribution in [-0.4, -0.2) is 58.1 Å². The summed E-state index contributed by atoms with van der Waals surface area (Å²) in [6.07, 6.45) is 1.87. The molecule has 0 bridgehead atoms. The van der Waals surface area contributed by atoms with E-state index in [2.05, 4.69) is 10.6 Å². The number of hydrogen-bond donors (Lipinski definition) is 2. The summed E-state index contributed by atoms with van der Waals surface area (Å²) in [4.78, 5) is 55.6. The SMILES string of the molecule is CC(NC(=O)OC(C)(C)C)C(=O)N(C1CCC1)C(C(=O)NC(Cc1ccccc1)C(=O)OC(C)(C)C)c1ccccc1. The van der Waals surface area contributed by atoms with Gasteiger partial charge in [0, 0.05) is 12.5 Å². The molecule has 3 atom stereocenters. The van der Waals surface area contributed by atoms with Crippen molar-refractivity contribution >= 4 is 23.9 Å². The van der Waals surface area contributed by atoms with E-state index in [-0.39, 0.29) is 12.5 Å². The lowest BCUT2D eigenvalue weighted by Gasteiger charge is -2.43. The fourth-order valence-electron chi connectivity index (χ4n) is 4.69. The Morgan fingerprint density at radius 1 is 0.833 bits per heavy atom. The highest BCUT2D eigenvalue weighted by molar-refractivity contribution is 5.94. The van der Waals surface area contributed by atoms with Crippen LogP contribution in [-0.2, 0) is 30.3 Å². The van der Waals surface area contributed by atoms with Gasteiger partial charge in [-0.1, -0.05) is 60.7 Å². The molecule has 0 radical (unpaired) electrons. The van der Waals surface area contributed by atoms with E-state index in [0.29, 0.717) is 5.56 Å². The van der Waals surface area contributed by atoms with E-state index in [1.54, 1.807) is 77.6 Å². The lowest BCUT2D eigenvalue weighted by molar-refractivity contribution is -0.159. The van der Waals surface area contributed by atoms with Gasteiger partial charge in [-0.2, -0.15) is 0 Å². The summed E-state index contributed by atoms with van der Waals surface area (Å²) >= 11 is 0. The first-order valence-corrected chi connectivity index (χ1v) is 14.6. The highest BCUT2D eigenvalue weighted by Crippen LogP contribution is 2.34. The van der Waals surface area contributed by atoms with Gasteiger partial charge in [-0.15, -0.1) is 0 Å². The van der Waals surface area contributed by atoms with Gasteiger partial charge in [0.15, 0.2) is 0 Å². The molecule has 1 aliphatic rings. The normalized spacial score (nSPS) is 15.8. The second-order valence-electron chi connectivity index (χ2n) is 12.8. The van der Waals surface area contributed by atoms with E-state index >= 15 is 0 Å². The van der Waals surface area contributed by atoms with Crippen molar-refractivity contribution in [3.8, 4) is 0 Å². The molecule has 42 heavy (non-hydrogen) atoms. The first-order chi connectivity index (χ1) is 19.6. The summed E-state index contributed by atoms with van der Waals surface area (Å²) in [5, 5.41) is 5.54. The summed E-state index contributed by atoms with van der Waals surface area (Å²) in [5.74, 6) is -1.47. The van der Waals surface area contributed by atoms with Crippen molar-refractivity contribution in [2.24, 2.45) is 0 Å². The summed E-state index contributed by atoms with van der Waals surface area (Å²) in [6, 6.07) is 15.2. The quantitative estimate of drug-likeness (QED) is 0.379. The van der Waals surface area contributed by atoms with E-state index in [1.165, 1.54) is 0 Å². The Labute approximate surface area is 249 Å². The number of carbonyl (C=O) groups excluding carboxylic acids is 4. The lowest BCUT2D eigenvalue weighted by Crippen LogP contribution is -2.58. The number of esters is 1. The van der Waals surface area contributed by atoms with Crippen molar-refractivity contribution in [2.75, 3.05) is 0 Å². The molecule has 9 nitrogen and oxygen atoms in total. The van der Waals surface area contributed by atoms with Gasteiger partial charge in [0.25, 0.3) is 0 Å².